The van der Waals surface area contributed by atoms with Crippen molar-refractivity contribution in [2.24, 2.45) is 0 Å². The van der Waals surface area contributed by atoms with Crippen molar-refractivity contribution in [2.75, 3.05) is 6.61 Å². The number of benzene rings is 2. The lowest BCUT2D eigenvalue weighted by atomic mass is 10.2. The molecule has 27 heavy (non-hydrogen) atoms. The number of ether oxygens (including phenoxy) is 1. The summed E-state index contributed by atoms with van der Waals surface area (Å²) in [6.45, 7) is 2.32. The number of carboxylic acids is 1. The highest BCUT2D eigenvalue weighted by Crippen LogP contribution is 2.31. The molecular weight excluding hydrogens is 388 g/mol. The molecule has 3 rings (SSSR count). The van der Waals surface area contributed by atoms with Gasteiger partial charge in [0.15, 0.2) is 0 Å². The molecule has 0 spiro atoms. The molecule has 2 aromatic carbocycles. The Hall–Kier alpha value is -2.77. The first kappa shape index (κ1) is 19.0. The first-order valence-corrected chi connectivity index (χ1v) is 9.18. The highest BCUT2D eigenvalue weighted by atomic mass is 35.5. The molecule has 0 fully saturated rings. The first-order chi connectivity index (χ1) is 13.1. The number of hydrogen-bond acceptors (Lipinski definition) is 7. The van der Waals surface area contributed by atoms with E-state index in [1.165, 1.54) is 6.08 Å². The van der Waals surface area contributed by atoms with Crippen LogP contribution in [0.25, 0.3) is 17.5 Å². The van der Waals surface area contributed by atoms with Crippen LogP contribution in [-0.4, -0.2) is 22.8 Å². The maximum Gasteiger partial charge on any atom is 0.281 e. The number of carbonyl (C=O) groups excluding carboxylic acids is 1. The van der Waals surface area contributed by atoms with Crippen molar-refractivity contribution in [2.45, 2.75) is 12.1 Å². The molecule has 0 N–H and O–H groups in total. The van der Waals surface area contributed by atoms with Gasteiger partial charge in [0.2, 0.25) is 5.89 Å². The Morgan fingerprint density at radius 1 is 1.22 bits per heavy atom. The van der Waals surface area contributed by atoms with Crippen LogP contribution in [0.15, 0.2) is 63.1 Å². The van der Waals surface area contributed by atoms with Gasteiger partial charge in [-0.15, -0.1) is 10.2 Å². The first-order valence-electron chi connectivity index (χ1n) is 7.99. The van der Waals surface area contributed by atoms with Crippen molar-refractivity contribution < 1.29 is 19.1 Å². The standard InChI is InChI=1S/C19H15ClN2O4S/c1-2-25-15-6-4-3-5-13(15)11-16(18(23)24)27-19-22-21-17(26-19)12-7-9-14(20)10-8-12/h3-11H,2H2,1H3,(H,23,24)/p-1/b16-11-. The highest BCUT2D eigenvalue weighted by molar-refractivity contribution is 8.03. The quantitative estimate of drug-likeness (QED) is 0.440. The molecule has 138 valence electrons. The minimum absolute atomic E-state index is 0.0755. The maximum absolute atomic E-state index is 11.5. The summed E-state index contributed by atoms with van der Waals surface area (Å²) in [5.74, 6) is -0.508. The molecule has 1 heterocycles. The van der Waals surface area contributed by atoms with Gasteiger partial charge >= 0.3 is 0 Å². The van der Waals surface area contributed by atoms with E-state index in [2.05, 4.69) is 10.2 Å². The minimum Gasteiger partial charge on any atom is -0.544 e. The minimum atomic E-state index is -1.35. The number of para-hydroxylation sites is 1. The van der Waals surface area contributed by atoms with Gasteiger partial charge in [0, 0.05) is 21.1 Å². The molecule has 3 aromatic rings. The summed E-state index contributed by atoms with van der Waals surface area (Å²) in [6.07, 6.45) is 1.46. The molecular formula is C19H14ClN2O4S-. The number of carbonyl (C=O) groups is 1. The molecule has 0 aliphatic heterocycles. The van der Waals surface area contributed by atoms with Gasteiger partial charge in [0.1, 0.15) is 5.75 Å². The van der Waals surface area contributed by atoms with Gasteiger partial charge in [-0.1, -0.05) is 29.8 Å². The summed E-state index contributed by atoms with van der Waals surface area (Å²) in [5.41, 5.74) is 1.29. The van der Waals surface area contributed by atoms with Crippen molar-refractivity contribution in [1.82, 2.24) is 10.2 Å². The number of thioether (sulfide) groups is 1. The smallest absolute Gasteiger partial charge is 0.281 e. The summed E-state index contributed by atoms with van der Waals surface area (Å²) < 4.78 is 11.1. The molecule has 0 aliphatic carbocycles. The summed E-state index contributed by atoms with van der Waals surface area (Å²) >= 11 is 6.67. The lowest BCUT2D eigenvalue weighted by molar-refractivity contribution is -0.298. The molecule has 0 amide bonds. The Morgan fingerprint density at radius 2 is 1.96 bits per heavy atom. The van der Waals surface area contributed by atoms with Crippen LogP contribution in [-0.2, 0) is 4.79 Å². The molecule has 0 bridgehead atoms. The van der Waals surface area contributed by atoms with E-state index < -0.39 is 5.97 Å². The number of carboxylic acid groups (broad SMARTS) is 1. The fourth-order valence-electron chi connectivity index (χ4n) is 2.21. The van der Waals surface area contributed by atoms with Gasteiger partial charge in [-0.05, 0) is 55.1 Å². The molecule has 1 aromatic heterocycles. The largest absolute Gasteiger partial charge is 0.544 e. The van der Waals surface area contributed by atoms with E-state index in [1.807, 2.05) is 13.0 Å². The Kier molecular flexibility index (Phi) is 6.16. The summed E-state index contributed by atoms with van der Waals surface area (Å²) in [4.78, 5) is 11.5. The van der Waals surface area contributed by atoms with Crippen LogP contribution in [0.5, 0.6) is 5.75 Å². The Bertz CT molecular complexity index is 970. The van der Waals surface area contributed by atoms with Crippen LogP contribution >= 0.6 is 23.4 Å². The SMILES string of the molecule is CCOc1ccccc1/C=C(\Sc1nnc(-c2ccc(Cl)cc2)o1)C(=O)[O-]. The third kappa shape index (κ3) is 4.90. The number of halogens is 1. The number of rotatable bonds is 7. The van der Waals surface area contributed by atoms with Crippen LogP contribution < -0.4 is 9.84 Å². The molecule has 0 saturated carbocycles. The van der Waals surface area contributed by atoms with E-state index in [-0.39, 0.29) is 16.0 Å². The molecule has 6 nitrogen and oxygen atoms in total. The fourth-order valence-corrected chi connectivity index (χ4v) is 3.00. The summed E-state index contributed by atoms with van der Waals surface area (Å²) in [6, 6.07) is 14.0. The Morgan fingerprint density at radius 3 is 2.67 bits per heavy atom. The predicted molar refractivity (Wildman–Crippen MR) is 101 cm³/mol. The van der Waals surface area contributed by atoms with Gasteiger partial charge < -0.3 is 19.1 Å². The second-order valence-corrected chi connectivity index (χ2v) is 6.68. The summed E-state index contributed by atoms with van der Waals surface area (Å²) in [5, 5.41) is 20.0. The van der Waals surface area contributed by atoms with E-state index in [9.17, 15) is 9.90 Å². The highest BCUT2D eigenvalue weighted by Gasteiger charge is 2.13. The lowest BCUT2D eigenvalue weighted by Crippen LogP contribution is -2.23. The predicted octanol–water partition coefficient (Wildman–Crippen LogP) is 3.67. The van der Waals surface area contributed by atoms with Crippen LogP contribution in [0.4, 0.5) is 0 Å². The van der Waals surface area contributed by atoms with Crippen molar-refractivity contribution in [3.05, 3.63) is 64.0 Å². The van der Waals surface area contributed by atoms with E-state index >= 15 is 0 Å². The van der Waals surface area contributed by atoms with E-state index in [4.69, 9.17) is 20.8 Å². The van der Waals surface area contributed by atoms with E-state index in [0.29, 0.717) is 28.5 Å². The number of aliphatic carboxylic acids is 1. The number of aromatic nitrogens is 2. The van der Waals surface area contributed by atoms with Crippen LogP contribution in [0.1, 0.15) is 12.5 Å². The zero-order valence-corrected chi connectivity index (χ0v) is 15.8. The molecule has 0 unspecified atom stereocenters. The van der Waals surface area contributed by atoms with Gasteiger partial charge in [0.05, 0.1) is 12.6 Å². The van der Waals surface area contributed by atoms with Crippen LogP contribution in [0.3, 0.4) is 0 Å². The van der Waals surface area contributed by atoms with Crippen LogP contribution in [0, 0.1) is 0 Å². The Balaban J connectivity index is 1.85. The summed E-state index contributed by atoms with van der Waals surface area (Å²) in [7, 11) is 0. The second kappa shape index (κ2) is 8.75. The average molecular weight is 402 g/mol. The third-order valence-electron chi connectivity index (χ3n) is 3.40. The fraction of sp³-hybridized carbons (Fsp3) is 0.105. The van der Waals surface area contributed by atoms with Crippen molar-refractivity contribution >= 4 is 35.4 Å². The lowest BCUT2D eigenvalue weighted by Gasteiger charge is -2.09. The molecule has 0 atom stereocenters. The second-order valence-electron chi connectivity index (χ2n) is 5.25. The number of nitrogens with zero attached hydrogens (tertiary/aromatic N) is 2. The van der Waals surface area contributed by atoms with Crippen molar-refractivity contribution in [1.29, 1.82) is 0 Å². The topological polar surface area (TPSA) is 88.3 Å². The van der Waals surface area contributed by atoms with E-state index in [0.717, 1.165) is 11.8 Å². The molecule has 8 heteroatoms. The number of hydrogen-bond donors (Lipinski definition) is 0. The normalized spacial score (nSPS) is 11.4. The van der Waals surface area contributed by atoms with Crippen molar-refractivity contribution in [3.63, 3.8) is 0 Å². The van der Waals surface area contributed by atoms with Gasteiger partial charge in [0.25, 0.3) is 5.22 Å². The zero-order chi connectivity index (χ0) is 19.2. The third-order valence-corrected chi connectivity index (χ3v) is 4.50. The molecule has 0 aliphatic rings. The monoisotopic (exact) mass is 401 g/mol. The van der Waals surface area contributed by atoms with Crippen molar-refractivity contribution in [3.8, 4) is 17.2 Å². The van der Waals surface area contributed by atoms with Gasteiger partial charge in [-0.3, -0.25) is 0 Å². The van der Waals surface area contributed by atoms with E-state index in [1.54, 1.807) is 42.5 Å². The van der Waals surface area contributed by atoms with Crippen LogP contribution in [0.2, 0.25) is 5.02 Å². The molecule has 0 radical (unpaired) electrons. The molecule has 0 saturated heterocycles. The maximum atomic E-state index is 11.5. The zero-order valence-electron chi connectivity index (χ0n) is 14.2. The van der Waals surface area contributed by atoms with Gasteiger partial charge in [-0.2, -0.15) is 0 Å². The average Bonchev–Trinajstić information content (AvgIpc) is 3.12. The van der Waals surface area contributed by atoms with Gasteiger partial charge in [-0.25, -0.2) is 0 Å². The Labute approximate surface area is 164 Å².